The number of nitrogens with one attached hydrogen (secondary N) is 1. The summed E-state index contributed by atoms with van der Waals surface area (Å²) >= 11 is 0. The highest BCUT2D eigenvalue weighted by Crippen LogP contribution is 2.25. The van der Waals surface area contributed by atoms with Crippen LogP contribution in [0.15, 0.2) is 24.3 Å². The van der Waals surface area contributed by atoms with E-state index in [9.17, 15) is 4.79 Å². The fourth-order valence-electron chi connectivity index (χ4n) is 3.33. The number of aromatic nitrogens is 2. The van der Waals surface area contributed by atoms with Crippen molar-refractivity contribution in [2.75, 3.05) is 18.4 Å². The van der Waals surface area contributed by atoms with Crippen molar-refractivity contribution in [2.24, 2.45) is 0 Å². The second-order valence-corrected chi connectivity index (χ2v) is 6.50. The zero-order valence-corrected chi connectivity index (χ0v) is 15.3. The Hall–Kier alpha value is -2.43. The van der Waals surface area contributed by atoms with Crippen molar-refractivity contribution in [1.29, 1.82) is 0 Å². The Labute approximate surface area is 149 Å². The van der Waals surface area contributed by atoms with Crippen molar-refractivity contribution in [3.63, 3.8) is 0 Å². The van der Waals surface area contributed by atoms with Crippen molar-refractivity contribution >= 4 is 17.5 Å². The molecule has 5 nitrogen and oxygen atoms in total. The summed E-state index contributed by atoms with van der Waals surface area (Å²) in [5, 5.41) is 3.38. The standard InChI is InChI=1S/C20H26N4O/c1-4-15-9-8-10-16(5-2)18(15)23-20-21-14(3)13-17(22-20)19(25)24-11-6-7-12-24/h8-10,13H,4-7,11-12H2,1-3H3,(H,21,22,23). The third kappa shape index (κ3) is 3.81. The van der Waals surface area contributed by atoms with E-state index >= 15 is 0 Å². The number of carbonyl (C=O) groups is 1. The summed E-state index contributed by atoms with van der Waals surface area (Å²) in [5.41, 5.74) is 4.81. The van der Waals surface area contributed by atoms with Gasteiger partial charge in [-0.1, -0.05) is 32.0 Å². The van der Waals surface area contributed by atoms with E-state index in [1.165, 1.54) is 11.1 Å². The maximum atomic E-state index is 12.7. The van der Waals surface area contributed by atoms with Gasteiger partial charge in [-0.15, -0.1) is 0 Å². The molecule has 1 N–H and O–H groups in total. The maximum Gasteiger partial charge on any atom is 0.272 e. The second-order valence-electron chi connectivity index (χ2n) is 6.50. The molecule has 0 radical (unpaired) electrons. The zero-order valence-electron chi connectivity index (χ0n) is 15.3. The summed E-state index contributed by atoms with van der Waals surface area (Å²) in [4.78, 5) is 23.5. The molecule has 1 saturated heterocycles. The molecule has 1 fully saturated rings. The van der Waals surface area contributed by atoms with Gasteiger partial charge in [-0.3, -0.25) is 4.79 Å². The summed E-state index contributed by atoms with van der Waals surface area (Å²) in [7, 11) is 0. The molecule has 1 aliphatic rings. The van der Waals surface area contributed by atoms with E-state index in [1.807, 2.05) is 11.8 Å². The van der Waals surface area contributed by atoms with Crippen molar-refractivity contribution in [1.82, 2.24) is 14.9 Å². The first-order valence-electron chi connectivity index (χ1n) is 9.15. The molecular weight excluding hydrogens is 312 g/mol. The first kappa shape index (κ1) is 17.4. The molecule has 3 rings (SSSR count). The summed E-state index contributed by atoms with van der Waals surface area (Å²) in [5.74, 6) is 0.503. The van der Waals surface area contributed by atoms with Crippen molar-refractivity contribution < 1.29 is 4.79 Å². The molecular formula is C20H26N4O. The Morgan fingerprint density at radius 2 is 1.76 bits per heavy atom. The number of anilines is 2. The van der Waals surface area contributed by atoms with Gasteiger partial charge in [0.25, 0.3) is 5.91 Å². The third-order valence-corrected chi connectivity index (χ3v) is 4.70. The van der Waals surface area contributed by atoms with Gasteiger partial charge in [0.1, 0.15) is 5.69 Å². The Bertz CT molecular complexity index is 744. The number of rotatable bonds is 5. The van der Waals surface area contributed by atoms with E-state index in [0.717, 1.165) is 50.2 Å². The SMILES string of the molecule is CCc1cccc(CC)c1Nc1nc(C)cc(C(=O)N2CCCC2)n1. The van der Waals surface area contributed by atoms with Gasteiger partial charge in [-0.05, 0) is 49.8 Å². The first-order valence-corrected chi connectivity index (χ1v) is 9.15. The number of amides is 1. The van der Waals surface area contributed by atoms with Crippen LogP contribution in [0.25, 0.3) is 0 Å². The summed E-state index contributed by atoms with van der Waals surface area (Å²) in [6, 6.07) is 8.10. The Morgan fingerprint density at radius 1 is 1.12 bits per heavy atom. The first-order chi connectivity index (χ1) is 12.1. The average Bonchev–Trinajstić information content (AvgIpc) is 3.15. The van der Waals surface area contributed by atoms with Crippen LogP contribution in [0.5, 0.6) is 0 Å². The minimum atomic E-state index is 0.00513. The van der Waals surface area contributed by atoms with E-state index in [4.69, 9.17) is 0 Å². The van der Waals surface area contributed by atoms with Gasteiger partial charge < -0.3 is 10.2 Å². The number of benzene rings is 1. The van der Waals surface area contributed by atoms with Crippen LogP contribution in [0.3, 0.4) is 0 Å². The quantitative estimate of drug-likeness (QED) is 0.898. The highest BCUT2D eigenvalue weighted by molar-refractivity contribution is 5.93. The van der Waals surface area contributed by atoms with Gasteiger partial charge in [-0.25, -0.2) is 9.97 Å². The van der Waals surface area contributed by atoms with Crippen molar-refractivity contribution in [2.45, 2.75) is 46.5 Å². The Kier molecular flexibility index (Phi) is 5.31. The number of hydrogen-bond acceptors (Lipinski definition) is 4. The molecule has 25 heavy (non-hydrogen) atoms. The number of aryl methyl sites for hydroxylation is 3. The molecule has 5 heteroatoms. The van der Waals surface area contributed by atoms with Crippen LogP contribution in [0, 0.1) is 6.92 Å². The largest absolute Gasteiger partial charge is 0.337 e. The van der Waals surface area contributed by atoms with Crippen LogP contribution in [0.1, 0.15) is 54.0 Å². The molecule has 1 aromatic carbocycles. The molecule has 1 aliphatic heterocycles. The predicted molar refractivity (Wildman–Crippen MR) is 100 cm³/mol. The van der Waals surface area contributed by atoms with Crippen LogP contribution in [-0.4, -0.2) is 33.9 Å². The van der Waals surface area contributed by atoms with Gasteiger partial charge in [0.2, 0.25) is 5.95 Å². The van der Waals surface area contributed by atoms with Gasteiger partial charge in [0, 0.05) is 24.5 Å². The van der Waals surface area contributed by atoms with E-state index in [1.54, 1.807) is 6.07 Å². The molecule has 0 atom stereocenters. The lowest BCUT2D eigenvalue weighted by Crippen LogP contribution is -2.28. The molecule has 1 amide bonds. The Morgan fingerprint density at radius 3 is 2.36 bits per heavy atom. The fraction of sp³-hybridized carbons (Fsp3) is 0.450. The van der Waals surface area contributed by atoms with Gasteiger partial charge >= 0.3 is 0 Å². The fourth-order valence-corrected chi connectivity index (χ4v) is 3.33. The van der Waals surface area contributed by atoms with Crippen LogP contribution >= 0.6 is 0 Å². The van der Waals surface area contributed by atoms with Gasteiger partial charge in [0.15, 0.2) is 0 Å². The predicted octanol–water partition coefficient (Wildman–Crippen LogP) is 3.89. The number of carbonyl (C=O) groups excluding carboxylic acids is 1. The maximum absolute atomic E-state index is 12.7. The average molecular weight is 338 g/mol. The van der Waals surface area contributed by atoms with E-state index in [2.05, 4.69) is 47.3 Å². The van der Waals surface area contributed by atoms with E-state index in [-0.39, 0.29) is 5.91 Å². The van der Waals surface area contributed by atoms with Crippen LogP contribution in [0.4, 0.5) is 11.6 Å². The van der Waals surface area contributed by atoms with Gasteiger partial charge in [-0.2, -0.15) is 0 Å². The van der Waals surface area contributed by atoms with Gasteiger partial charge in [0.05, 0.1) is 0 Å². The lowest BCUT2D eigenvalue weighted by Gasteiger charge is -2.17. The Balaban J connectivity index is 1.92. The molecule has 132 valence electrons. The molecule has 0 saturated carbocycles. The normalized spacial score (nSPS) is 14.0. The topological polar surface area (TPSA) is 58.1 Å². The molecule has 0 unspecified atom stereocenters. The molecule has 0 bridgehead atoms. The minimum absolute atomic E-state index is 0.00513. The zero-order chi connectivity index (χ0) is 17.8. The van der Waals surface area contributed by atoms with E-state index < -0.39 is 0 Å². The molecule has 0 spiro atoms. The lowest BCUT2D eigenvalue weighted by molar-refractivity contribution is 0.0787. The summed E-state index contributed by atoms with van der Waals surface area (Å²) < 4.78 is 0. The smallest absolute Gasteiger partial charge is 0.272 e. The van der Waals surface area contributed by atoms with Crippen molar-refractivity contribution in [3.05, 3.63) is 46.8 Å². The molecule has 1 aromatic heterocycles. The highest BCUT2D eigenvalue weighted by atomic mass is 16.2. The summed E-state index contributed by atoms with van der Waals surface area (Å²) in [6.45, 7) is 7.82. The molecule has 2 aromatic rings. The molecule has 0 aliphatic carbocycles. The number of nitrogens with zero attached hydrogens (tertiary/aromatic N) is 3. The lowest BCUT2D eigenvalue weighted by atomic mass is 10.0. The monoisotopic (exact) mass is 338 g/mol. The van der Waals surface area contributed by atoms with E-state index in [0.29, 0.717) is 11.6 Å². The number of likely N-dealkylation sites (tertiary alicyclic amines) is 1. The number of hydrogen-bond donors (Lipinski definition) is 1. The highest BCUT2D eigenvalue weighted by Gasteiger charge is 2.21. The second kappa shape index (κ2) is 7.64. The van der Waals surface area contributed by atoms with Crippen molar-refractivity contribution in [3.8, 4) is 0 Å². The summed E-state index contributed by atoms with van der Waals surface area (Å²) in [6.07, 6.45) is 4.01. The van der Waals surface area contributed by atoms with Crippen LogP contribution in [0.2, 0.25) is 0 Å². The minimum Gasteiger partial charge on any atom is -0.337 e. The third-order valence-electron chi connectivity index (χ3n) is 4.70. The molecule has 2 heterocycles. The van der Waals surface area contributed by atoms with Crippen LogP contribution < -0.4 is 5.32 Å². The number of para-hydroxylation sites is 1. The van der Waals surface area contributed by atoms with Crippen LogP contribution in [-0.2, 0) is 12.8 Å².